The number of carbonyl (C=O) groups excluding carboxylic acids is 2. The second-order valence-electron chi connectivity index (χ2n) is 7.65. The van der Waals surface area contributed by atoms with Gasteiger partial charge in [-0.25, -0.2) is 4.79 Å². The molecule has 1 amide bonds. The fraction of sp³-hybridized carbons (Fsp3) is 0.875. The van der Waals surface area contributed by atoms with Gasteiger partial charge in [-0.15, -0.1) is 0 Å². The molecule has 0 bridgehead atoms. The second kappa shape index (κ2) is 9.57. The summed E-state index contributed by atoms with van der Waals surface area (Å²) in [6.07, 6.45) is 1.94. The summed E-state index contributed by atoms with van der Waals surface area (Å²) in [7, 11) is -2.21. The van der Waals surface area contributed by atoms with E-state index in [1.807, 2.05) is 33.2 Å². The highest BCUT2D eigenvalue weighted by Gasteiger charge is 2.41. The quantitative estimate of drug-likeness (QED) is 0.659. The van der Waals surface area contributed by atoms with Crippen LogP contribution in [0.4, 0.5) is 4.79 Å². The summed E-state index contributed by atoms with van der Waals surface area (Å²) < 4.78 is 10.9. The summed E-state index contributed by atoms with van der Waals surface area (Å²) in [6, 6.07) is -0.656. The Morgan fingerprint density at radius 3 is 2.22 bits per heavy atom. The highest BCUT2D eigenvalue weighted by molar-refractivity contribution is 7.98. The van der Waals surface area contributed by atoms with Gasteiger partial charge in [-0.3, -0.25) is 4.79 Å². The SMILES string of the molecule is CSCCC(NC(=O)OCC(C)C)C(=O)O[Si](C)(C)C(C)(C)C. The van der Waals surface area contributed by atoms with E-state index in [1.165, 1.54) is 0 Å². The summed E-state index contributed by atoms with van der Waals surface area (Å²) >= 11 is 1.63. The standard InChI is InChI=1S/C16H33NO4SSi/c1-12(2)11-20-15(19)17-13(9-10-22-6)14(18)21-23(7,8)16(3,4)5/h12-13H,9-11H2,1-8H3,(H,17,19). The minimum Gasteiger partial charge on any atom is -0.518 e. The molecule has 0 spiro atoms. The maximum atomic E-state index is 12.5. The molecule has 1 N–H and O–H groups in total. The van der Waals surface area contributed by atoms with E-state index in [1.54, 1.807) is 11.8 Å². The van der Waals surface area contributed by atoms with Crippen molar-refractivity contribution in [3.63, 3.8) is 0 Å². The average Bonchev–Trinajstić information content (AvgIpc) is 2.39. The Balaban J connectivity index is 4.82. The number of amides is 1. The van der Waals surface area contributed by atoms with Crippen molar-refractivity contribution in [2.45, 2.75) is 65.2 Å². The van der Waals surface area contributed by atoms with Gasteiger partial charge in [0, 0.05) is 0 Å². The lowest BCUT2D eigenvalue weighted by molar-refractivity contribution is -0.137. The van der Waals surface area contributed by atoms with E-state index >= 15 is 0 Å². The summed E-state index contributed by atoms with van der Waals surface area (Å²) in [4.78, 5) is 24.4. The fourth-order valence-corrected chi connectivity index (χ4v) is 2.81. The zero-order chi connectivity index (χ0) is 18.3. The number of ether oxygens (including phenoxy) is 1. The molecule has 0 heterocycles. The molecule has 1 unspecified atom stereocenters. The molecule has 0 fully saturated rings. The maximum Gasteiger partial charge on any atom is 0.407 e. The van der Waals surface area contributed by atoms with Crippen LogP contribution >= 0.6 is 11.8 Å². The molecule has 0 rings (SSSR count). The van der Waals surface area contributed by atoms with Gasteiger partial charge in [-0.1, -0.05) is 34.6 Å². The van der Waals surface area contributed by atoms with Crippen LogP contribution in [0.5, 0.6) is 0 Å². The van der Waals surface area contributed by atoms with Crippen molar-refractivity contribution in [2.75, 3.05) is 18.6 Å². The summed E-state index contributed by atoms with van der Waals surface area (Å²) in [5.74, 6) is 0.665. The maximum absolute atomic E-state index is 12.5. The number of hydrogen-bond acceptors (Lipinski definition) is 5. The Kier molecular flexibility index (Phi) is 9.28. The molecule has 0 radical (unpaired) electrons. The Hall–Kier alpha value is -0.693. The van der Waals surface area contributed by atoms with Gasteiger partial charge < -0.3 is 14.5 Å². The highest BCUT2D eigenvalue weighted by atomic mass is 32.2. The molecule has 0 aromatic heterocycles. The molecule has 0 aliphatic heterocycles. The zero-order valence-electron chi connectivity index (χ0n) is 15.8. The van der Waals surface area contributed by atoms with E-state index in [0.717, 1.165) is 5.75 Å². The van der Waals surface area contributed by atoms with E-state index in [4.69, 9.17) is 9.16 Å². The molecule has 23 heavy (non-hydrogen) atoms. The first kappa shape index (κ1) is 22.3. The number of nitrogens with one attached hydrogen (secondary N) is 1. The lowest BCUT2D eigenvalue weighted by Crippen LogP contribution is -2.49. The number of carbonyl (C=O) groups is 2. The van der Waals surface area contributed by atoms with Crippen LogP contribution in [-0.2, 0) is 14.0 Å². The molecule has 0 aromatic rings. The van der Waals surface area contributed by atoms with Gasteiger partial charge in [0.1, 0.15) is 6.04 Å². The zero-order valence-corrected chi connectivity index (χ0v) is 17.6. The molecule has 7 heteroatoms. The van der Waals surface area contributed by atoms with Crippen LogP contribution in [0.3, 0.4) is 0 Å². The Morgan fingerprint density at radius 2 is 1.78 bits per heavy atom. The van der Waals surface area contributed by atoms with Crippen LogP contribution in [0.25, 0.3) is 0 Å². The Labute approximate surface area is 146 Å². The number of thioether (sulfide) groups is 1. The molecule has 5 nitrogen and oxygen atoms in total. The largest absolute Gasteiger partial charge is 0.518 e. The Bertz CT molecular complexity index is 394. The third kappa shape index (κ3) is 8.65. The van der Waals surface area contributed by atoms with Crippen molar-refractivity contribution in [3.8, 4) is 0 Å². The van der Waals surface area contributed by atoms with Crippen molar-refractivity contribution in [1.29, 1.82) is 0 Å². The summed E-state index contributed by atoms with van der Waals surface area (Å²) in [5, 5.41) is 2.59. The number of rotatable bonds is 8. The fourth-order valence-electron chi connectivity index (χ4n) is 1.39. The first-order valence-corrected chi connectivity index (χ1v) is 12.4. The third-order valence-corrected chi connectivity index (χ3v) is 8.86. The molecule has 1 atom stereocenters. The molecule has 136 valence electrons. The number of alkyl carbamates (subject to hydrolysis) is 1. The van der Waals surface area contributed by atoms with E-state index in [2.05, 4.69) is 26.1 Å². The molecular weight excluding hydrogens is 330 g/mol. The van der Waals surface area contributed by atoms with Crippen LogP contribution in [-0.4, -0.2) is 45.0 Å². The predicted molar refractivity (Wildman–Crippen MR) is 99.4 cm³/mol. The number of hydrogen-bond donors (Lipinski definition) is 1. The van der Waals surface area contributed by atoms with Gasteiger partial charge >= 0.3 is 12.1 Å². The summed E-state index contributed by atoms with van der Waals surface area (Å²) in [5.41, 5.74) is 0. The first-order chi connectivity index (χ1) is 10.4. The topological polar surface area (TPSA) is 64.6 Å². The minimum absolute atomic E-state index is 0.0646. The van der Waals surface area contributed by atoms with Crippen LogP contribution < -0.4 is 5.32 Å². The van der Waals surface area contributed by atoms with E-state index in [-0.39, 0.29) is 16.9 Å². The molecule has 0 saturated heterocycles. The normalized spacial score (nSPS) is 13.6. The average molecular weight is 364 g/mol. The van der Waals surface area contributed by atoms with Crippen molar-refractivity contribution >= 4 is 32.1 Å². The highest BCUT2D eigenvalue weighted by Crippen LogP contribution is 2.36. The molecular formula is C16H33NO4SSi. The predicted octanol–water partition coefficient (Wildman–Crippen LogP) is 4.04. The van der Waals surface area contributed by atoms with Crippen LogP contribution in [0.1, 0.15) is 41.0 Å². The van der Waals surface area contributed by atoms with Gasteiger partial charge in [0.05, 0.1) is 6.61 Å². The van der Waals surface area contributed by atoms with E-state index < -0.39 is 20.5 Å². The van der Waals surface area contributed by atoms with Gasteiger partial charge in [0.2, 0.25) is 0 Å². The monoisotopic (exact) mass is 363 g/mol. The lowest BCUT2D eigenvalue weighted by Gasteiger charge is -2.36. The second-order valence-corrected chi connectivity index (χ2v) is 13.4. The minimum atomic E-state index is -2.21. The van der Waals surface area contributed by atoms with Crippen molar-refractivity contribution in [2.24, 2.45) is 5.92 Å². The van der Waals surface area contributed by atoms with Crippen LogP contribution in [0.15, 0.2) is 0 Å². The molecule has 0 saturated carbocycles. The van der Waals surface area contributed by atoms with Crippen molar-refractivity contribution in [1.82, 2.24) is 5.32 Å². The third-order valence-electron chi connectivity index (χ3n) is 3.90. The molecule has 0 aromatic carbocycles. The van der Waals surface area contributed by atoms with Crippen molar-refractivity contribution < 1.29 is 18.8 Å². The van der Waals surface area contributed by atoms with Gasteiger partial charge in [-0.2, -0.15) is 11.8 Å². The van der Waals surface area contributed by atoms with Crippen LogP contribution in [0.2, 0.25) is 18.1 Å². The van der Waals surface area contributed by atoms with Gasteiger partial charge in [0.25, 0.3) is 8.32 Å². The lowest BCUT2D eigenvalue weighted by atomic mass is 10.2. The van der Waals surface area contributed by atoms with E-state index in [0.29, 0.717) is 13.0 Å². The smallest absolute Gasteiger partial charge is 0.407 e. The Morgan fingerprint density at radius 1 is 1.22 bits per heavy atom. The first-order valence-electron chi connectivity index (χ1n) is 8.05. The van der Waals surface area contributed by atoms with Gasteiger partial charge in [-0.05, 0) is 42.5 Å². The van der Waals surface area contributed by atoms with Crippen molar-refractivity contribution in [3.05, 3.63) is 0 Å². The van der Waals surface area contributed by atoms with Crippen LogP contribution in [0, 0.1) is 5.92 Å². The molecule has 0 aliphatic rings. The van der Waals surface area contributed by atoms with E-state index in [9.17, 15) is 9.59 Å². The van der Waals surface area contributed by atoms with Gasteiger partial charge in [0.15, 0.2) is 0 Å². The molecule has 0 aliphatic carbocycles. The summed E-state index contributed by atoms with van der Waals surface area (Å²) in [6.45, 7) is 14.5.